The van der Waals surface area contributed by atoms with Crippen LogP contribution < -0.4 is 20.3 Å². The molecule has 0 unspecified atom stereocenters. The van der Waals surface area contributed by atoms with Crippen molar-refractivity contribution >= 4 is 17.5 Å². The van der Waals surface area contributed by atoms with E-state index in [1.54, 1.807) is 51.3 Å². The van der Waals surface area contributed by atoms with E-state index in [1.807, 2.05) is 24.3 Å². The molecule has 3 rings (SSSR count). The van der Waals surface area contributed by atoms with Crippen molar-refractivity contribution in [3.8, 4) is 22.8 Å². The van der Waals surface area contributed by atoms with Gasteiger partial charge < -0.3 is 14.8 Å². The van der Waals surface area contributed by atoms with E-state index in [2.05, 4.69) is 10.4 Å². The number of benzene rings is 2. The summed E-state index contributed by atoms with van der Waals surface area (Å²) in [6.45, 7) is 3.80. The number of ether oxygens (including phenoxy) is 2. The van der Waals surface area contributed by atoms with E-state index in [0.29, 0.717) is 16.5 Å². The van der Waals surface area contributed by atoms with Crippen molar-refractivity contribution in [3.63, 3.8) is 0 Å². The molecule has 0 spiro atoms. The molecule has 8 heteroatoms. The lowest BCUT2D eigenvalue weighted by Crippen LogP contribution is -2.47. The zero-order chi connectivity index (χ0) is 22.4. The molecule has 0 aliphatic rings. The first kappa shape index (κ1) is 22.4. The van der Waals surface area contributed by atoms with Crippen molar-refractivity contribution < 1.29 is 14.3 Å². The van der Waals surface area contributed by atoms with Crippen LogP contribution in [0.5, 0.6) is 11.5 Å². The molecule has 31 heavy (non-hydrogen) atoms. The Labute approximate surface area is 185 Å². The molecule has 0 bridgehead atoms. The quantitative estimate of drug-likeness (QED) is 0.578. The smallest absolute Gasteiger partial charge is 0.266 e. The van der Waals surface area contributed by atoms with Gasteiger partial charge in [-0.2, -0.15) is 5.10 Å². The lowest BCUT2D eigenvalue weighted by Gasteiger charge is -2.25. The lowest BCUT2D eigenvalue weighted by molar-refractivity contribution is -0.134. The summed E-state index contributed by atoms with van der Waals surface area (Å²) in [5.41, 5.74) is 0.163. The number of carbonyl (C=O) groups is 1. The minimum Gasteiger partial charge on any atom is -0.497 e. The molecule has 1 aromatic heterocycles. The minimum absolute atomic E-state index is 0.227. The van der Waals surface area contributed by atoms with Gasteiger partial charge in [0.15, 0.2) is 5.60 Å². The Hall–Kier alpha value is -3.32. The Kier molecular flexibility index (Phi) is 6.97. The summed E-state index contributed by atoms with van der Waals surface area (Å²) in [5.74, 6) is 0.972. The molecule has 1 N–H and O–H groups in total. The zero-order valence-electron chi connectivity index (χ0n) is 17.6. The highest BCUT2D eigenvalue weighted by Gasteiger charge is 2.29. The molecule has 0 aliphatic carbocycles. The predicted molar refractivity (Wildman–Crippen MR) is 120 cm³/mol. The summed E-state index contributed by atoms with van der Waals surface area (Å²) in [6.07, 6.45) is 0. The van der Waals surface area contributed by atoms with Crippen molar-refractivity contribution in [2.75, 3.05) is 13.7 Å². The van der Waals surface area contributed by atoms with Crippen molar-refractivity contribution in [2.45, 2.75) is 26.0 Å². The number of methoxy groups -OCH3 is 1. The van der Waals surface area contributed by atoms with Crippen LogP contribution in [-0.2, 0) is 11.3 Å². The van der Waals surface area contributed by atoms with Crippen LogP contribution in [0.3, 0.4) is 0 Å². The summed E-state index contributed by atoms with van der Waals surface area (Å²) in [4.78, 5) is 24.8. The van der Waals surface area contributed by atoms with Gasteiger partial charge in [-0.05, 0) is 68.4 Å². The maximum Gasteiger partial charge on any atom is 0.266 e. The van der Waals surface area contributed by atoms with Gasteiger partial charge in [-0.15, -0.1) is 0 Å². The van der Waals surface area contributed by atoms with Crippen LogP contribution >= 0.6 is 11.6 Å². The van der Waals surface area contributed by atoms with Crippen molar-refractivity contribution in [1.82, 2.24) is 15.1 Å². The molecule has 7 nitrogen and oxygen atoms in total. The van der Waals surface area contributed by atoms with Crippen LogP contribution in [0.25, 0.3) is 11.3 Å². The molecule has 0 radical (unpaired) electrons. The third kappa shape index (κ3) is 5.86. The maximum absolute atomic E-state index is 12.6. The van der Waals surface area contributed by atoms with Gasteiger partial charge in [-0.1, -0.05) is 11.6 Å². The van der Waals surface area contributed by atoms with E-state index in [1.165, 1.54) is 10.7 Å². The Morgan fingerprint density at radius 2 is 1.68 bits per heavy atom. The summed E-state index contributed by atoms with van der Waals surface area (Å²) >= 11 is 5.87. The fourth-order valence-corrected chi connectivity index (χ4v) is 2.98. The van der Waals surface area contributed by atoms with Gasteiger partial charge in [0.25, 0.3) is 11.5 Å². The number of hydrogen-bond donors (Lipinski definition) is 1. The summed E-state index contributed by atoms with van der Waals surface area (Å²) < 4.78 is 12.3. The minimum atomic E-state index is -1.10. The van der Waals surface area contributed by atoms with Crippen LogP contribution in [0.4, 0.5) is 0 Å². The molecule has 0 saturated carbocycles. The van der Waals surface area contributed by atoms with Gasteiger partial charge >= 0.3 is 0 Å². The number of carbonyl (C=O) groups excluding carboxylic acids is 1. The second-order valence-corrected chi connectivity index (χ2v) is 7.77. The molecule has 2 aromatic carbocycles. The van der Waals surface area contributed by atoms with Crippen molar-refractivity contribution in [1.29, 1.82) is 0 Å². The second kappa shape index (κ2) is 9.66. The number of nitrogens with zero attached hydrogens (tertiary/aromatic N) is 2. The van der Waals surface area contributed by atoms with Gasteiger partial charge in [-0.3, -0.25) is 9.59 Å². The predicted octanol–water partition coefficient (Wildman–Crippen LogP) is 3.55. The monoisotopic (exact) mass is 441 g/mol. The summed E-state index contributed by atoms with van der Waals surface area (Å²) in [7, 11) is 1.60. The van der Waals surface area contributed by atoms with Crippen molar-refractivity contribution in [2.24, 2.45) is 0 Å². The van der Waals surface area contributed by atoms with Crippen LogP contribution in [-0.4, -0.2) is 34.9 Å². The number of halogens is 1. The zero-order valence-corrected chi connectivity index (χ0v) is 18.3. The van der Waals surface area contributed by atoms with E-state index in [9.17, 15) is 9.59 Å². The number of hydrogen-bond acceptors (Lipinski definition) is 5. The first-order valence-corrected chi connectivity index (χ1v) is 10.1. The highest BCUT2D eigenvalue weighted by molar-refractivity contribution is 6.30. The standard InChI is InChI=1S/C23H24ClN3O4/c1-23(2,31-19-10-6-17(24)7-11-19)22(29)25-14-15-27-21(28)13-12-20(26-27)16-4-8-18(30-3)9-5-16/h4-13H,14-15H2,1-3H3,(H,25,29). The molecule has 162 valence electrons. The van der Waals surface area contributed by atoms with Gasteiger partial charge in [0.2, 0.25) is 0 Å². The van der Waals surface area contributed by atoms with E-state index >= 15 is 0 Å². The summed E-state index contributed by atoms with van der Waals surface area (Å²) in [5, 5.41) is 7.79. The van der Waals surface area contributed by atoms with E-state index in [4.69, 9.17) is 21.1 Å². The highest BCUT2D eigenvalue weighted by atomic mass is 35.5. The molecule has 0 saturated heterocycles. The first-order chi connectivity index (χ1) is 14.8. The average Bonchev–Trinajstić information content (AvgIpc) is 2.76. The number of rotatable bonds is 8. The largest absolute Gasteiger partial charge is 0.497 e. The van der Waals surface area contributed by atoms with Crippen LogP contribution in [0.2, 0.25) is 5.02 Å². The normalized spacial score (nSPS) is 11.1. The Bertz CT molecular complexity index is 1090. The lowest BCUT2D eigenvalue weighted by atomic mass is 10.1. The highest BCUT2D eigenvalue weighted by Crippen LogP contribution is 2.21. The maximum atomic E-state index is 12.6. The van der Waals surface area contributed by atoms with Crippen LogP contribution in [0.15, 0.2) is 65.5 Å². The third-order valence-electron chi connectivity index (χ3n) is 4.60. The van der Waals surface area contributed by atoms with Gasteiger partial charge in [0.1, 0.15) is 11.5 Å². The van der Waals surface area contributed by atoms with E-state index < -0.39 is 5.60 Å². The van der Waals surface area contributed by atoms with E-state index in [-0.39, 0.29) is 24.6 Å². The first-order valence-electron chi connectivity index (χ1n) is 9.74. The number of amides is 1. The summed E-state index contributed by atoms with van der Waals surface area (Å²) in [6, 6.07) is 17.3. The fourth-order valence-electron chi connectivity index (χ4n) is 2.86. The molecule has 3 aromatic rings. The molecule has 0 fully saturated rings. The Balaban J connectivity index is 1.61. The van der Waals surface area contributed by atoms with Gasteiger partial charge in [0.05, 0.1) is 19.3 Å². The van der Waals surface area contributed by atoms with Gasteiger partial charge in [-0.25, -0.2) is 4.68 Å². The third-order valence-corrected chi connectivity index (χ3v) is 4.85. The number of aromatic nitrogens is 2. The Morgan fingerprint density at radius 3 is 2.32 bits per heavy atom. The molecule has 1 heterocycles. The molecule has 1 amide bonds. The van der Waals surface area contributed by atoms with E-state index in [0.717, 1.165) is 11.3 Å². The molecule has 0 atom stereocenters. The Morgan fingerprint density at radius 1 is 1.03 bits per heavy atom. The average molecular weight is 442 g/mol. The SMILES string of the molecule is COc1ccc(-c2ccc(=O)n(CCNC(=O)C(C)(C)Oc3ccc(Cl)cc3)n2)cc1. The second-order valence-electron chi connectivity index (χ2n) is 7.33. The van der Waals surface area contributed by atoms with Gasteiger partial charge in [0, 0.05) is 23.2 Å². The van der Waals surface area contributed by atoms with Crippen molar-refractivity contribution in [3.05, 3.63) is 76.0 Å². The van der Waals surface area contributed by atoms with Crippen LogP contribution in [0.1, 0.15) is 13.8 Å². The molecular weight excluding hydrogens is 418 g/mol. The molecular formula is C23H24ClN3O4. The van der Waals surface area contributed by atoms with Crippen LogP contribution in [0, 0.1) is 0 Å². The fraction of sp³-hybridized carbons (Fsp3) is 0.261. The number of nitrogens with one attached hydrogen (secondary N) is 1. The topological polar surface area (TPSA) is 82.5 Å². The molecule has 0 aliphatic heterocycles.